The lowest BCUT2D eigenvalue weighted by molar-refractivity contribution is -0.154. The van der Waals surface area contributed by atoms with E-state index in [9.17, 15) is 9.59 Å². The second kappa shape index (κ2) is 7.13. The van der Waals surface area contributed by atoms with E-state index in [1.807, 2.05) is 37.3 Å². The standard InChI is InChI=1S/C18H19NO4S/c1-12-5-7-14(8-6-12)10-23-18(21)15-11-24-17(19(15)13(2)20)16-4-3-9-22-16/h3-9,15,17H,10-11H2,1-2H3/t15-,17-/m1/s1. The highest BCUT2D eigenvalue weighted by Gasteiger charge is 2.43. The summed E-state index contributed by atoms with van der Waals surface area (Å²) in [6.07, 6.45) is 1.57. The summed E-state index contributed by atoms with van der Waals surface area (Å²) < 4.78 is 10.8. The number of amides is 1. The van der Waals surface area contributed by atoms with E-state index < -0.39 is 6.04 Å². The van der Waals surface area contributed by atoms with Crippen molar-refractivity contribution in [2.24, 2.45) is 0 Å². The summed E-state index contributed by atoms with van der Waals surface area (Å²) in [4.78, 5) is 26.0. The summed E-state index contributed by atoms with van der Waals surface area (Å²) in [5.41, 5.74) is 2.08. The van der Waals surface area contributed by atoms with Crippen LogP contribution in [0.5, 0.6) is 0 Å². The summed E-state index contributed by atoms with van der Waals surface area (Å²) in [5.74, 6) is 0.618. The largest absolute Gasteiger partial charge is 0.466 e. The molecule has 24 heavy (non-hydrogen) atoms. The van der Waals surface area contributed by atoms with Crippen LogP contribution in [0, 0.1) is 6.92 Å². The molecule has 1 saturated heterocycles. The lowest BCUT2D eigenvalue weighted by atomic mass is 10.2. The molecule has 1 aromatic heterocycles. The maximum atomic E-state index is 12.5. The molecule has 5 nitrogen and oxygen atoms in total. The number of aryl methyl sites for hydroxylation is 1. The lowest BCUT2D eigenvalue weighted by Gasteiger charge is -2.25. The van der Waals surface area contributed by atoms with Gasteiger partial charge in [-0.25, -0.2) is 4.79 Å². The molecule has 1 amide bonds. The predicted molar refractivity (Wildman–Crippen MR) is 91.2 cm³/mol. The van der Waals surface area contributed by atoms with E-state index in [1.165, 1.54) is 18.7 Å². The van der Waals surface area contributed by atoms with E-state index in [0.717, 1.165) is 11.1 Å². The van der Waals surface area contributed by atoms with Gasteiger partial charge in [0.2, 0.25) is 5.91 Å². The van der Waals surface area contributed by atoms with Crippen molar-refractivity contribution in [1.82, 2.24) is 4.90 Å². The van der Waals surface area contributed by atoms with Gasteiger partial charge in [-0.1, -0.05) is 29.8 Å². The summed E-state index contributed by atoms with van der Waals surface area (Å²) in [6, 6.07) is 10.8. The van der Waals surface area contributed by atoms with Gasteiger partial charge in [0.25, 0.3) is 0 Å². The number of esters is 1. The van der Waals surface area contributed by atoms with Crippen LogP contribution in [0.15, 0.2) is 47.1 Å². The number of ether oxygens (including phenoxy) is 1. The van der Waals surface area contributed by atoms with Crippen LogP contribution in [0.25, 0.3) is 0 Å². The summed E-state index contributed by atoms with van der Waals surface area (Å²) in [7, 11) is 0. The molecular formula is C18H19NO4S. The van der Waals surface area contributed by atoms with Gasteiger partial charge in [0.05, 0.1) is 6.26 Å². The van der Waals surface area contributed by atoms with Crippen LogP contribution < -0.4 is 0 Å². The minimum Gasteiger partial charge on any atom is -0.466 e. The van der Waals surface area contributed by atoms with Gasteiger partial charge < -0.3 is 14.1 Å². The van der Waals surface area contributed by atoms with E-state index in [4.69, 9.17) is 9.15 Å². The first-order chi connectivity index (χ1) is 11.6. The molecule has 1 aliphatic rings. The molecule has 0 aliphatic carbocycles. The quantitative estimate of drug-likeness (QED) is 0.796. The van der Waals surface area contributed by atoms with E-state index in [2.05, 4.69) is 0 Å². The smallest absolute Gasteiger partial charge is 0.330 e. The number of hydrogen-bond donors (Lipinski definition) is 0. The molecule has 0 N–H and O–H groups in total. The highest BCUT2D eigenvalue weighted by molar-refractivity contribution is 7.99. The van der Waals surface area contributed by atoms with Crippen LogP contribution in [0.2, 0.25) is 0 Å². The summed E-state index contributed by atoms with van der Waals surface area (Å²) in [6.45, 7) is 3.67. The molecule has 2 aromatic rings. The minimum absolute atomic E-state index is 0.168. The average Bonchev–Trinajstić information content (AvgIpc) is 3.22. The normalized spacial score (nSPS) is 20.2. The molecule has 126 valence electrons. The number of carbonyl (C=O) groups is 2. The zero-order valence-corrected chi connectivity index (χ0v) is 14.4. The van der Waals surface area contributed by atoms with Gasteiger partial charge in [0, 0.05) is 12.7 Å². The zero-order valence-electron chi connectivity index (χ0n) is 13.6. The Hall–Kier alpha value is -2.21. The Morgan fingerprint density at radius 2 is 2.04 bits per heavy atom. The first-order valence-electron chi connectivity index (χ1n) is 7.72. The molecule has 2 heterocycles. The Bertz CT molecular complexity index is 711. The average molecular weight is 345 g/mol. The van der Waals surface area contributed by atoms with Crippen molar-refractivity contribution < 1.29 is 18.7 Å². The Balaban J connectivity index is 1.67. The van der Waals surface area contributed by atoms with Crippen molar-refractivity contribution in [2.75, 3.05) is 5.75 Å². The molecule has 0 spiro atoms. The molecule has 0 unspecified atom stereocenters. The van der Waals surface area contributed by atoms with Crippen molar-refractivity contribution in [1.29, 1.82) is 0 Å². The Morgan fingerprint density at radius 1 is 1.29 bits per heavy atom. The van der Waals surface area contributed by atoms with Gasteiger partial charge in [0.1, 0.15) is 23.8 Å². The molecule has 6 heteroatoms. The molecular weight excluding hydrogens is 326 g/mol. The molecule has 0 radical (unpaired) electrons. The number of thioether (sulfide) groups is 1. The SMILES string of the molecule is CC(=O)N1[C@@H](C(=O)OCc2ccc(C)cc2)CS[C@@H]1c1ccco1. The van der Waals surface area contributed by atoms with Gasteiger partial charge in [-0.15, -0.1) is 11.8 Å². The third-order valence-electron chi connectivity index (χ3n) is 3.92. The molecule has 0 bridgehead atoms. The third-order valence-corrected chi connectivity index (χ3v) is 5.21. The fraction of sp³-hybridized carbons (Fsp3) is 0.333. The van der Waals surface area contributed by atoms with Gasteiger partial charge in [-0.05, 0) is 24.6 Å². The number of furan rings is 1. The fourth-order valence-corrected chi connectivity index (χ4v) is 4.07. The van der Waals surface area contributed by atoms with E-state index >= 15 is 0 Å². The molecule has 1 fully saturated rings. The molecule has 1 aliphatic heterocycles. The van der Waals surface area contributed by atoms with Crippen molar-refractivity contribution in [3.05, 3.63) is 59.5 Å². The highest BCUT2D eigenvalue weighted by Crippen LogP contribution is 2.41. The van der Waals surface area contributed by atoms with Crippen molar-refractivity contribution in [3.8, 4) is 0 Å². The fourth-order valence-electron chi connectivity index (χ4n) is 2.66. The topological polar surface area (TPSA) is 59.8 Å². The monoisotopic (exact) mass is 345 g/mol. The summed E-state index contributed by atoms with van der Waals surface area (Å²) in [5, 5.41) is -0.283. The van der Waals surface area contributed by atoms with Gasteiger partial charge in [-0.2, -0.15) is 0 Å². The van der Waals surface area contributed by atoms with E-state index in [1.54, 1.807) is 17.2 Å². The number of nitrogens with zero attached hydrogens (tertiary/aromatic N) is 1. The van der Waals surface area contributed by atoms with Crippen LogP contribution in [0.4, 0.5) is 0 Å². The van der Waals surface area contributed by atoms with Gasteiger partial charge in [0.15, 0.2) is 0 Å². The number of benzene rings is 1. The van der Waals surface area contributed by atoms with E-state index in [0.29, 0.717) is 11.5 Å². The van der Waals surface area contributed by atoms with Crippen molar-refractivity contribution in [3.63, 3.8) is 0 Å². The second-order valence-electron chi connectivity index (χ2n) is 5.74. The first-order valence-corrected chi connectivity index (χ1v) is 8.77. The van der Waals surface area contributed by atoms with Gasteiger partial charge >= 0.3 is 5.97 Å². The Kier molecular flexibility index (Phi) is 4.94. The molecule has 2 atom stereocenters. The highest BCUT2D eigenvalue weighted by atomic mass is 32.2. The summed E-state index contributed by atoms with van der Waals surface area (Å²) >= 11 is 1.51. The van der Waals surface area contributed by atoms with Crippen LogP contribution in [-0.2, 0) is 20.9 Å². The lowest BCUT2D eigenvalue weighted by Crippen LogP contribution is -2.42. The van der Waals surface area contributed by atoms with Gasteiger partial charge in [-0.3, -0.25) is 4.79 Å². The molecule has 1 aromatic carbocycles. The predicted octanol–water partition coefficient (Wildman–Crippen LogP) is 3.29. The Morgan fingerprint density at radius 3 is 2.67 bits per heavy atom. The number of rotatable bonds is 4. The minimum atomic E-state index is -0.590. The molecule has 0 saturated carbocycles. The maximum Gasteiger partial charge on any atom is 0.330 e. The van der Waals surface area contributed by atoms with Crippen molar-refractivity contribution >= 4 is 23.6 Å². The van der Waals surface area contributed by atoms with Crippen molar-refractivity contribution in [2.45, 2.75) is 31.9 Å². The van der Waals surface area contributed by atoms with E-state index in [-0.39, 0.29) is 23.9 Å². The number of hydrogen-bond acceptors (Lipinski definition) is 5. The number of carbonyl (C=O) groups excluding carboxylic acids is 2. The Labute approximate surface area is 145 Å². The van der Waals surface area contributed by atoms with Crippen LogP contribution in [0.3, 0.4) is 0 Å². The molecule has 3 rings (SSSR count). The van der Waals surface area contributed by atoms with Crippen LogP contribution >= 0.6 is 11.8 Å². The maximum absolute atomic E-state index is 12.5. The third kappa shape index (κ3) is 3.48. The van der Waals surface area contributed by atoms with Crippen LogP contribution in [0.1, 0.15) is 29.2 Å². The first kappa shape index (κ1) is 16.6. The second-order valence-corrected chi connectivity index (χ2v) is 6.85. The zero-order chi connectivity index (χ0) is 17.1. The van der Waals surface area contributed by atoms with Crippen LogP contribution in [-0.4, -0.2) is 28.6 Å².